The lowest BCUT2D eigenvalue weighted by Crippen LogP contribution is -2.46. The molecule has 0 amide bonds. The van der Waals surface area contributed by atoms with Crippen molar-refractivity contribution in [1.82, 2.24) is 9.80 Å². The summed E-state index contributed by atoms with van der Waals surface area (Å²) < 4.78 is 5.47. The molecule has 0 radical (unpaired) electrons. The van der Waals surface area contributed by atoms with Crippen LogP contribution in [0.1, 0.15) is 17.2 Å². The summed E-state index contributed by atoms with van der Waals surface area (Å²) >= 11 is 0. The van der Waals surface area contributed by atoms with E-state index in [1.165, 1.54) is 5.56 Å². The molecule has 0 aromatic heterocycles. The van der Waals surface area contributed by atoms with Crippen LogP contribution in [-0.4, -0.2) is 55.2 Å². The van der Waals surface area contributed by atoms with Crippen molar-refractivity contribution in [3.8, 4) is 11.5 Å². The van der Waals surface area contributed by atoms with Crippen LogP contribution in [0.3, 0.4) is 0 Å². The summed E-state index contributed by atoms with van der Waals surface area (Å²) in [5.41, 5.74) is 2.16. The first-order chi connectivity index (χ1) is 13.2. The van der Waals surface area contributed by atoms with Crippen LogP contribution in [0.5, 0.6) is 11.5 Å². The SMILES string of the molecule is COc1cccc2c(O)c(C(c3ccccc3)N3CCN(C)CC3)ccc12. The van der Waals surface area contributed by atoms with E-state index in [-0.39, 0.29) is 6.04 Å². The summed E-state index contributed by atoms with van der Waals surface area (Å²) in [7, 11) is 3.82. The maximum atomic E-state index is 11.2. The summed E-state index contributed by atoms with van der Waals surface area (Å²) in [6.07, 6.45) is 0. The van der Waals surface area contributed by atoms with Gasteiger partial charge in [0.1, 0.15) is 11.5 Å². The molecule has 0 aliphatic carbocycles. The molecule has 1 N–H and O–H groups in total. The first-order valence-electron chi connectivity index (χ1n) is 9.45. The zero-order valence-corrected chi connectivity index (χ0v) is 15.9. The third kappa shape index (κ3) is 3.38. The molecular weight excluding hydrogens is 336 g/mol. The van der Waals surface area contributed by atoms with Gasteiger partial charge in [0, 0.05) is 42.5 Å². The molecule has 140 valence electrons. The fraction of sp³-hybridized carbons (Fsp3) is 0.304. The molecule has 3 aromatic carbocycles. The number of benzene rings is 3. The summed E-state index contributed by atoms with van der Waals surface area (Å²) in [5.74, 6) is 1.13. The number of ether oxygens (including phenoxy) is 1. The number of hydrogen-bond donors (Lipinski definition) is 1. The average molecular weight is 362 g/mol. The summed E-state index contributed by atoms with van der Waals surface area (Å²) in [6, 6.07) is 20.4. The summed E-state index contributed by atoms with van der Waals surface area (Å²) in [5, 5.41) is 13.0. The Bertz CT molecular complexity index is 918. The van der Waals surface area contributed by atoms with Crippen molar-refractivity contribution in [2.75, 3.05) is 40.3 Å². The molecule has 1 fully saturated rings. The lowest BCUT2D eigenvalue weighted by molar-refractivity contribution is 0.126. The number of aromatic hydroxyl groups is 1. The molecule has 1 aliphatic rings. The number of piperazine rings is 1. The van der Waals surface area contributed by atoms with Crippen molar-refractivity contribution >= 4 is 10.8 Å². The van der Waals surface area contributed by atoms with Gasteiger partial charge in [-0.15, -0.1) is 0 Å². The lowest BCUT2D eigenvalue weighted by atomic mass is 9.93. The number of likely N-dealkylation sites (N-methyl/N-ethyl adjacent to an activating group) is 1. The monoisotopic (exact) mass is 362 g/mol. The molecule has 27 heavy (non-hydrogen) atoms. The molecule has 0 spiro atoms. The molecular formula is C23H26N2O2. The van der Waals surface area contributed by atoms with Crippen LogP contribution < -0.4 is 4.74 Å². The normalized spacial score (nSPS) is 17.1. The van der Waals surface area contributed by atoms with Gasteiger partial charge in [-0.3, -0.25) is 4.90 Å². The maximum Gasteiger partial charge on any atom is 0.128 e. The van der Waals surface area contributed by atoms with Crippen molar-refractivity contribution in [3.63, 3.8) is 0 Å². The van der Waals surface area contributed by atoms with Crippen molar-refractivity contribution < 1.29 is 9.84 Å². The number of methoxy groups -OCH3 is 1. The largest absolute Gasteiger partial charge is 0.507 e. The van der Waals surface area contributed by atoms with E-state index in [9.17, 15) is 5.11 Å². The van der Waals surface area contributed by atoms with E-state index in [4.69, 9.17) is 4.74 Å². The van der Waals surface area contributed by atoms with Crippen LogP contribution >= 0.6 is 0 Å². The standard InChI is InChI=1S/C23H26N2O2/c1-24-13-15-25(16-14-24)22(17-7-4-3-5-8-17)20-12-11-18-19(23(20)26)9-6-10-21(18)27-2/h3-12,22,26H,13-16H2,1-2H3. The van der Waals surface area contributed by atoms with Gasteiger partial charge in [-0.2, -0.15) is 0 Å². The van der Waals surface area contributed by atoms with Gasteiger partial charge in [-0.1, -0.05) is 54.6 Å². The average Bonchev–Trinajstić information content (AvgIpc) is 2.72. The van der Waals surface area contributed by atoms with Crippen LogP contribution in [0, 0.1) is 0 Å². The Kier molecular flexibility index (Phi) is 5.01. The number of rotatable bonds is 4. The van der Waals surface area contributed by atoms with Gasteiger partial charge in [0.25, 0.3) is 0 Å². The Morgan fingerprint density at radius 3 is 2.30 bits per heavy atom. The number of phenolic OH excluding ortho intramolecular Hbond substituents is 1. The predicted molar refractivity (Wildman–Crippen MR) is 110 cm³/mol. The molecule has 4 nitrogen and oxygen atoms in total. The van der Waals surface area contributed by atoms with Crippen LogP contribution in [0.4, 0.5) is 0 Å². The highest BCUT2D eigenvalue weighted by Crippen LogP contribution is 2.40. The Hall–Kier alpha value is -2.56. The van der Waals surface area contributed by atoms with Gasteiger partial charge >= 0.3 is 0 Å². The van der Waals surface area contributed by atoms with Crippen molar-refractivity contribution in [2.24, 2.45) is 0 Å². The highest BCUT2D eigenvalue weighted by molar-refractivity contribution is 5.94. The van der Waals surface area contributed by atoms with Crippen molar-refractivity contribution in [3.05, 3.63) is 71.8 Å². The van der Waals surface area contributed by atoms with Gasteiger partial charge in [-0.05, 0) is 18.7 Å². The molecule has 1 saturated heterocycles. The second-order valence-corrected chi connectivity index (χ2v) is 7.21. The van der Waals surface area contributed by atoms with E-state index in [2.05, 4.69) is 53.2 Å². The van der Waals surface area contributed by atoms with Gasteiger partial charge in [0.05, 0.1) is 13.2 Å². The predicted octanol–water partition coefficient (Wildman–Crippen LogP) is 3.89. The number of phenols is 1. The second-order valence-electron chi connectivity index (χ2n) is 7.21. The topological polar surface area (TPSA) is 35.9 Å². The van der Waals surface area contributed by atoms with Crippen LogP contribution in [0.15, 0.2) is 60.7 Å². The molecule has 0 saturated carbocycles. The van der Waals surface area contributed by atoms with Crippen LogP contribution in [0.2, 0.25) is 0 Å². The first kappa shape index (κ1) is 17.8. The van der Waals surface area contributed by atoms with Crippen molar-refractivity contribution in [1.29, 1.82) is 0 Å². The Morgan fingerprint density at radius 2 is 1.59 bits per heavy atom. The minimum atomic E-state index is 0.0375. The lowest BCUT2D eigenvalue weighted by Gasteiger charge is -2.38. The second kappa shape index (κ2) is 7.59. The quantitative estimate of drug-likeness (QED) is 0.764. The zero-order valence-electron chi connectivity index (χ0n) is 15.9. The molecule has 4 heteroatoms. The molecule has 1 aliphatic heterocycles. The molecule has 0 bridgehead atoms. The molecule has 1 unspecified atom stereocenters. The van der Waals surface area contributed by atoms with Gasteiger partial charge in [0.15, 0.2) is 0 Å². The van der Waals surface area contributed by atoms with E-state index < -0.39 is 0 Å². The van der Waals surface area contributed by atoms with Gasteiger partial charge < -0.3 is 14.7 Å². The summed E-state index contributed by atoms with van der Waals surface area (Å²) in [6.45, 7) is 4.02. The van der Waals surface area contributed by atoms with E-state index in [0.29, 0.717) is 5.75 Å². The fourth-order valence-electron chi connectivity index (χ4n) is 4.03. The first-order valence-corrected chi connectivity index (χ1v) is 9.45. The summed E-state index contributed by atoms with van der Waals surface area (Å²) in [4.78, 5) is 4.82. The number of fused-ring (bicyclic) bond motifs is 1. The van der Waals surface area contributed by atoms with E-state index >= 15 is 0 Å². The molecule has 1 heterocycles. The minimum absolute atomic E-state index is 0.0375. The maximum absolute atomic E-state index is 11.2. The highest BCUT2D eigenvalue weighted by Gasteiger charge is 2.28. The van der Waals surface area contributed by atoms with E-state index in [0.717, 1.165) is 48.3 Å². The molecule has 3 aromatic rings. The zero-order chi connectivity index (χ0) is 18.8. The number of nitrogens with zero attached hydrogens (tertiary/aromatic N) is 2. The van der Waals surface area contributed by atoms with Gasteiger partial charge in [-0.25, -0.2) is 0 Å². The van der Waals surface area contributed by atoms with E-state index in [1.54, 1.807) is 7.11 Å². The molecule has 1 atom stereocenters. The highest BCUT2D eigenvalue weighted by atomic mass is 16.5. The number of hydrogen-bond acceptors (Lipinski definition) is 4. The molecule has 4 rings (SSSR count). The Morgan fingerprint density at radius 1 is 0.852 bits per heavy atom. The Balaban J connectivity index is 1.84. The van der Waals surface area contributed by atoms with Crippen LogP contribution in [0.25, 0.3) is 10.8 Å². The van der Waals surface area contributed by atoms with Crippen molar-refractivity contribution in [2.45, 2.75) is 6.04 Å². The Labute approximate surface area is 160 Å². The third-order valence-electron chi connectivity index (χ3n) is 5.56. The fourth-order valence-corrected chi connectivity index (χ4v) is 4.03. The smallest absolute Gasteiger partial charge is 0.128 e. The minimum Gasteiger partial charge on any atom is -0.507 e. The van der Waals surface area contributed by atoms with Gasteiger partial charge in [0.2, 0.25) is 0 Å². The third-order valence-corrected chi connectivity index (χ3v) is 5.56. The van der Waals surface area contributed by atoms with Crippen LogP contribution in [-0.2, 0) is 0 Å². The van der Waals surface area contributed by atoms with E-state index in [1.807, 2.05) is 24.3 Å².